The molecule has 3 heterocycles. The molecule has 0 radical (unpaired) electrons. The van der Waals surface area contributed by atoms with Crippen LogP contribution in [0.2, 0.25) is 0 Å². The number of Topliss-reactive ketones (excluding diaryl/α,β-unsaturated/α-hetero) is 1. The van der Waals surface area contributed by atoms with Crippen LogP contribution in [0, 0.1) is 0 Å². The number of hydrazone groups is 1. The Morgan fingerprint density at radius 2 is 1.82 bits per heavy atom. The number of carbonyl (C=O) groups excluding carboxylic acids is 1. The third-order valence-electron chi connectivity index (χ3n) is 6.47. The summed E-state index contributed by atoms with van der Waals surface area (Å²) in [5.74, 6) is 0.0764. The molecule has 0 aliphatic carbocycles. The van der Waals surface area contributed by atoms with Crippen molar-refractivity contribution in [2.24, 2.45) is 5.10 Å². The van der Waals surface area contributed by atoms with E-state index in [0.717, 1.165) is 4.88 Å². The maximum absolute atomic E-state index is 13.5. The number of thiazole rings is 1. The minimum absolute atomic E-state index is 0.0204. The summed E-state index contributed by atoms with van der Waals surface area (Å²) in [5.41, 5.74) is 0.784. The number of hydrogen-bond donors (Lipinski definition) is 0. The quantitative estimate of drug-likeness (QED) is 0.257. The lowest BCUT2D eigenvalue weighted by Gasteiger charge is -2.25. The Labute approximate surface area is 233 Å². The summed E-state index contributed by atoms with van der Waals surface area (Å²) in [6.07, 6.45) is 2.19. The fourth-order valence-corrected chi connectivity index (χ4v) is 7.78. The molecular formula is C25H34N4O7S3. The fourth-order valence-electron chi connectivity index (χ4n) is 4.25. The second-order valence-electron chi connectivity index (χ2n) is 9.45. The minimum Gasteiger partial charge on any atom is -0.385 e. The third-order valence-corrected chi connectivity index (χ3v) is 10.9. The van der Waals surface area contributed by atoms with Gasteiger partial charge in [0.05, 0.1) is 54.9 Å². The van der Waals surface area contributed by atoms with E-state index in [0.29, 0.717) is 69.5 Å². The number of hydrogen-bond acceptors (Lipinski definition) is 12. The van der Waals surface area contributed by atoms with Gasteiger partial charge in [0.1, 0.15) is 10.7 Å². The van der Waals surface area contributed by atoms with Crippen molar-refractivity contribution < 1.29 is 31.1 Å². The van der Waals surface area contributed by atoms with Crippen LogP contribution in [0.4, 0.5) is 0 Å². The van der Waals surface area contributed by atoms with Gasteiger partial charge < -0.3 is 9.47 Å². The Morgan fingerprint density at radius 3 is 2.49 bits per heavy atom. The van der Waals surface area contributed by atoms with Crippen LogP contribution in [0.3, 0.4) is 0 Å². The lowest BCUT2D eigenvalue weighted by molar-refractivity contribution is -0.112. The molecule has 0 spiro atoms. The largest absolute Gasteiger partial charge is 0.385 e. The van der Waals surface area contributed by atoms with E-state index >= 15 is 0 Å². The first kappa shape index (κ1) is 29.7. The first-order chi connectivity index (χ1) is 18.6. The molecule has 1 aromatic carbocycles. The van der Waals surface area contributed by atoms with Gasteiger partial charge in [-0.1, -0.05) is 12.1 Å². The summed E-state index contributed by atoms with van der Waals surface area (Å²) in [7, 11) is -4.88. The molecule has 11 nitrogen and oxygen atoms in total. The smallest absolute Gasteiger partial charge is 0.190 e. The number of carbonyl (C=O) groups is 1. The number of ketones is 1. The molecule has 14 heteroatoms. The maximum Gasteiger partial charge on any atom is 0.190 e. The first-order valence-corrected chi connectivity index (χ1v) is 17.1. The van der Waals surface area contributed by atoms with Crippen molar-refractivity contribution in [3.05, 3.63) is 45.9 Å². The highest BCUT2D eigenvalue weighted by atomic mass is 32.2. The van der Waals surface area contributed by atoms with Crippen LogP contribution in [-0.2, 0) is 46.9 Å². The number of ether oxygens (including phenoxy) is 2. The zero-order valence-electron chi connectivity index (χ0n) is 22.0. The number of methoxy groups -OCH3 is 1. The van der Waals surface area contributed by atoms with Crippen molar-refractivity contribution in [1.29, 1.82) is 0 Å². The number of benzene rings is 1. The van der Waals surface area contributed by atoms with E-state index in [1.807, 2.05) is 0 Å². The molecule has 0 saturated carbocycles. The second kappa shape index (κ2) is 13.4. The van der Waals surface area contributed by atoms with Crippen LogP contribution in [0.25, 0.3) is 0 Å². The minimum atomic E-state index is -3.46. The van der Waals surface area contributed by atoms with Gasteiger partial charge in [0.25, 0.3) is 0 Å². The molecule has 2 fully saturated rings. The first-order valence-electron chi connectivity index (χ1n) is 12.8. The van der Waals surface area contributed by atoms with E-state index in [-0.39, 0.29) is 40.1 Å². The molecule has 2 aliphatic rings. The van der Waals surface area contributed by atoms with Crippen LogP contribution in [-0.4, -0.2) is 114 Å². The molecule has 2 aromatic rings. The molecule has 4 rings (SSSR count). The summed E-state index contributed by atoms with van der Waals surface area (Å²) < 4.78 is 59.0. The van der Waals surface area contributed by atoms with Crippen molar-refractivity contribution in [2.75, 3.05) is 70.4 Å². The second-order valence-corrected chi connectivity index (χ2v) is 15.1. The van der Waals surface area contributed by atoms with E-state index < -0.39 is 19.7 Å². The Bertz CT molecular complexity index is 1350. The van der Waals surface area contributed by atoms with Gasteiger partial charge in [-0.2, -0.15) is 5.10 Å². The van der Waals surface area contributed by atoms with E-state index in [9.17, 15) is 21.6 Å². The highest BCUT2D eigenvalue weighted by Crippen LogP contribution is 2.20. The van der Waals surface area contributed by atoms with E-state index in [2.05, 4.69) is 15.0 Å². The Balaban J connectivity index is 1.48. The van der Waals surface area contributed by atoms with Crippen LogP contribution in [0.1, 0.15) is 21.9 Å². The summed E-state index contributed by atoms with van der Waals surface area (Å²) in [4.78, 5) is 21.1. The summed E-state index contributed by atoms with van der Waals surface area (Å²) in [6.45, 7) is 4.06. The molecule has 2 aliphatic heterocycles. The van der Waals surface area contributed by atoms with E-state index in [1.165, 1.54) is 30.6 Å². The van der Waals surface area contributed by atoms with Gasteiger partial charge in [0.2, 0.25) is 0 Å². The average Bonchev–Trinajstić information content (AvgIpc) is 3.35. The maximum atomic E-state index is 13.5. The Hall–Kier alpha value is -2.23. The van der Waals surface area contributed by atoms with Crippen LogP contribution < -0.4 is 0 Å². The van der Waals surface area contributed by atoms with Crippen LogP contribution >= 0.6 is 11.3 Å². The normalized spacial score (nSPS) is 18.8. The van der Waals surface area contributed by atoms with Gasteiger partial charge in [-0.15, -0.1) is 11.3 Å². The van der Waals surface area contributed by atoms with Crippen LogP contribution in [0.5, 0.6) is 0 Å². The zero-order valence-corrected chi connectivity index (χ0v) is 24.4. The predicted molar refractivity (Wildman–Crippen MR) is 149 cm³/mol. The summed E-state index contributed by atoms with van der Waals surface area (Å²) >= 11 is 1.43. The van der Waals surface area contributed by atoms with Crippen molar-refractivity contribution in [2.45, 2.75) is 24.3 Å². The van der Waals surface area contributed by atoms with Gasteiger partial charge in [0, 0.05) is 50.0 Å². The van der Waals surface area contributed by atoms with Crippen molar-refractivity contribution >= 4 is 42.5 Å². The van der Waals surface area contributed by atoms with Gasteiger partial charge in [-0.05, 0) is 18.6 Å². The number of nitrogens with zero attached hydrogens (tertiary/aromatic N) is 4. The van der Waals surface area contributed by atoms with Gasteiger partial charge in [0.15, 0.2) is 25.5 Å². The van der Waals surface area contributed by atoms with Crippen LogP contribution in [0.15, 0.2) is 40.5 Å². The lowest BCUT2D eigenvalue weighted by Crippen LogP contribution is -2.39. The van der Waals surface area contributed by atoms with Crippen molar-refractivity contribution in [1.82, 2.24) is 14.9 Å². The molecule has 0 N–H and O–H groups in total. The number of morpholine rings is 1. The predicted octanol–water partition coefficient (Wildman–Crippen LogP) is 1.03. The number of sulfone groups is 2. The monoisotopic (exact) mass is 598 g/mol. The molecule has 2 saturated heterocycles. The lowest BCUT2D eigenvalue weighted by atomic mass is 10.0. The standard InChI is InChI=1S/C25H34N4O7S3/c1-35-11-2-14-39(33,34)22-5-3-20(4-6-22)25(27-29-7-12-36-13-8-29)23(30)17-24-26-18-21(37-24)19-28-9-15-38(31,32)16-10-28/h3-6,18H,2,7-17,19H2,1H3/b27-25+. The zero-order chi connectivity index (χ0) is 27.9. The number of aromatic nitrogens is 1. The molecule has 1 aromatic heterocycles. The fraction of sp³-hybridized carbons (Fsp3) is 0.560. The average molecular weight is 599 g/mol. The molecule has 39 heavy (non-hydrogen) atoms. The third kappa shape index (κ3) is 8.63. The highest BCUT2D eigenvalue weighted by molar-refractivity contribution is 7.91. The topological polar surface area (TPSA) is 136 Å². The Morgan fingerprint density at radius 1 is 1.13 bits per heavy atom. The molecular weight excluding hydrogens is 564 g/mol. The van der Waals surface area contributed by atoms with Crippen molar-refractivity contribution in [3.8, 4) is 0 Å². The molecule has 0 unspecified atom stereocenters. The molecule has 0 bridgehead atoms. The van der Waals surface area contributed by atoms with Gasteiger partial charge in [-0.25, -0.2) is 21.8 Å². The summed E-state index contributed by atoms with van der Waals surface area (Å²) in [6, 6.07) is 6.27. The summed E-state index contributed by atoms with van der Waals surface area (Å²) in [5, 5.41) is 7.08. The molecule has 0 amide bonds. The SMILES string of the molecule is COCCCS(=O)(=O)c1ccc(/C(=N\N2CCOCC2)C(=O)Cc2ncc(CN3CCS(=O)(=O)CC3)s2)cc1. The Kier molecular flexibility index (Phi) is 10.2. The number of rotatable bonds is 12. The highest BCUT2D eigenvalue weighted by Gasteiger charge is 2.24. The molecule has 214 valence electrons. The van der Waals surface area contributed by atoms with E-state index in [4.69, 9.17) is 9.47 Å². The molecule has 0 atom stereocenters. The van der Waals surface area contributed by atoms with Crippen molar-refractivity contribution in [3.63, 3.8) is 0 Å². The van der Waals surface area contributed by atoms with E-state index in [1.54, 1.807) is 23.3 Å². The van der Waals surface area contributed by atoms with Gasteiger partial charge in [-0.3, -0.25) is 14.7 Å². The van der Waals surface area contributed by atoms with Gasteiger partial charge >= 0.3 is 0 Å².